The van der Waals surface area contributed by atoms with E-state index in [4.69, 9.17) is 14.2 Å². The predicted octanol–water partition coefficient (Wildman–Crippen LogP) is 1.37. The second kappa shape index (κ2) is 8.69. The van der Waals surface area contributed by atoms with Gasteiger partial charge < -0.3 is 24.4 Å². The molecule has 6 heteroatoms. The molecule has 2 aromatic carbocycles. The summed E-state index contributed by atoms with van der Waals surface area (Å²) in [6.45, 7) is 4.66. The smallest absolute Gasteiger partial charge is 0.255 e. The lowest BCUT2D eigenvalue weighted by atomic mass is 10.1. The van der Waals surface area contributed by atoms with Crippen molar-refractivity contribution in [3.8, 4) is 11.5 Å². The maximum Gasteiger partial charge on any atom is 0.255 e. The number of amides is 1. The van der Waals surface area contributed by atoms with Crippen LogP contribution in [0.4, 0.5) is 5.69 Å². The molecular formula is C20H25N2O4+. The Morgan fingerprint density at radius 2 is 1.73 bits per heavy atom. The summed E-state index contributed by atoms with van der Waals surface area (Å²) in [6.07, 6.45) is 0. The lowest BCUT2D eigenvalue weighted by Gasteiger charge is -2.23. The van der Waals surface area contributed by atoms with Gasteiger partial charge in [0.25, 0.3) is 5.91 Å². The first-order chi connectivity index (χ1) is 12.7. The van der Waals surface area contributed by atoms with Crippen LogP contribution in [-0.2, 0) is 11.3 Å². The Morgan fingerprint density at radius 1 is 1.04 bits per heavy atom. The van der Waals surface area contributed by atoms with Crippen LogP contribution in [0.25, 0.3) is 0 Å². The molecule has 1 aliphatic rings. The average molecular weight is 357 g/mol. The van der Waals surface area contributed by atoms with E-state index >= 15 is 0 Å². The molecule has 2 N–H and O–H groups in total. The molecule has 0 bridgehead atoms. The molecule has 1 heterocycles. The van der Waals surface area contributed by atoms with Crippen molar-refractivity contribution in [3.05, 3.63) is 53.6 Å². The van der Waals surface area contributed by atoms with E-state index in [1.165, 1.54) is 10.5 Å². The van der Waals surface area contributed by atoms with Gasteiger partial charge in [0.05, 0.1) is 27.4 Å². The highest BCUT2D eigenvalue weighted by atomic mass is 16.5. The molecule has 0 atom stereocenters. The van der Waals surface area contributed by atoms with Crippen molar-refractivity contribution in [3.63, 3.8) is 0 Å². The number of ether oxygens (including phenoxy) is 3. The molecule has 1 fully saturated rings. The molecule has 0 radical (unpaired) electrons. The maximum atomic E-state index is 12.5. The minimum Gasteiger partial charge on any atom is -0.493 e. The number of quaternary nitrogens is 1. The number of anilines is 1. The molecule has 26 heavy (non-hydrogen) atoms. The van der Waals surface area contributed by atoms with Gasteiger partial charge in [0, 0.05) is 22.9 Å². The monoisotopic (exact) mass is 357 g/mol. The van der Waals surface area contributed by atoms with E-state index in [2.05, 4.69) is 5.32 Å². The van der Waals surface area contributed by atoms with Crippen LogP contribution in [0.3, 0.4) is 0 Å². The van der Waals surface area contributed by atoms with E-state index in [0.717, 1.165) is 32.8 Å². The highest BCUT2D eigenvalue weighted by Gasteiger charge is 2.15. The Kier molecular flexibility index (Phi) is 6.09. The summed E-state index contributed by atoms with van der Waals surface area (Å²) >= 11 is 0. The predicted molar refractivity (Wildman–Crippen MR) is 99.2 cm³/mol. The van der Waals surface area contributed by atoms with Crippen molar-refractivity contribution >= 4 is 11.6 Å². The number of morpholine rings is 1. The normalized spacial score (nSPS) is 14.7. The van der Waals surface area contributed by atoms with Crippen LogP contribution in [-0.4, -0.2) is 46.4 Å². The van der Waals surface area contributed by atoms with Crippen LogP contribution in [0.5, 0.6) is 11.5 Å². The van der Waals surface area contributed by atoms with Crippen LogP contribution in [0.2, 0.25) is 0 Å². The standard InChI is InChI=1S/C20H24N2O4/c1-24-18-8-7-17(13-19(18)25-2)21-20(23)16-5-3-15(4-6-16)14-22-9-11-26-12-10-22/h3-8,13H,9-12,14H2,1-2H3,(H,21,23)/p+1. The molecule has 138 valence electrons. The Labute approximate surface area is 153 Å². The average Bonchev–Trinajstić information content (AvgIpc) is 2.69. The van der Waals surface area contributed by atoms with Gasteiger partial charge in [-0.25, -0.2) is 0 Å². The summed E-state index contributed by atoms with van der Waals surface area (Å²) in [5.41, 5.74) is 2.51. The second-order valence-corrected chi connectivity index (χ2v) is 6.26. The number of carbonyl (C=O) groups is 1. The largest absolute Gasteiger partial charge is 0.493 e. The van der Waals surface area contributed by atoms with Crippen LogP contribution in [0.15, 0.2) is 42.5 Å². The van der Waals surface area contributed by atoms with Crippen molar-refractivity contribution in [1.29, 1.82) is 0 Å². The van der Waals surface area contributed by atoms with Gasteiger partial charge in [-0.05, 0) is 24.3 Å². The molecule has 0 aliphatic carbocycles. The quantitative estimate of drug-likeness (QED) is 0.820. The summed E-state index contributed by atoms with van der Waals surface area (Å²) in [6, 6.07) is 13.1. The van der Waals surface area contributed by atoms with Gasteiger partial charge in [-0.15, -0.1) is 0 Å². The number of hydrogen-bond donors (Lipinski definition) is 2. The van der Waals surface area contributed by atoms with Gasteiger partial charge in [-0.2, -0.15) is 0 Å². The van der Waals surface area contributed by atoms with Crippen molar-refractivity contribution in [2.75, 3.05) is 45.8 Å². The van der Waals surface area contributed by atoms with Gasteiger partial charge in [0.2, 0.25) is 0 Å². The number of hydrogen-bond acceptors (Lipinski definition) is 4. The van der Waals surface area contributed by atoms with Gasteiger partial charge >= 0.3 is 0 Å². The Balaban J connectivity index is 1.62. The van der Waals surface area contributed by atoms with Gasteiger partial charge in [0.1, 0.15) is 19.6 Å². The number of rotatable bonds is 6. The van der Waals surface area contributed by atoms with Crippen LogP contribution in [0.1, 0.15) is 15.9 Å². The zero-order valence-corrected chi connectivity index (χ0v) is 15.2. The van der Waals surface area contributed by atoms with Gasteiger partial charge in [-0.1, -0.05) is 12.1 Å². The van der Waals surface area contributed by atoms with Crippen LogP contribution >= 0.6 is 0 Å². The van der Waals surface area contributed by atoms with E-state index in [-0.39, 0.29) is 5.91 Å². The molecule has 6 nitrogen and oxygen atoms in total. The lowest BCUT2D eigenvalue weighted by Crippen LogP contribution is -3.12. The third-order valence-corrected chi connectivity index (χ3v) is 4.51. The minimum absolute atomic E-state index is 0.150. The summed E-state index contributed by atoms with van der Waals surface area (Å²) in [5.74, 6) is 1.05. The SMILES string of the molecule is COc1ccc(NC(=O)c2ccc(C[NH+]3CCOCC3)cc2)cc1OC. The first-order valence-corrected chi connectivity index (χ1v) is 8.73. The molecule has 0 saturated carbocycles. The second-order valence-electron chi connectivity index (χ2n) is 6.26. The first-order valence-electron chi connectivity index (χ1n) is 8.73. The van der Waals surface area contributed by atoms with E-state index in [9.17, 15) is 4.79 Å². The summed E-state index contributed by atoms with van der Waals surface area (Å²) in [5, 5.41) is 2.89. The zero-order valence-electron chi connectivity index (χ0n) is 15.2. The molecule has 0 spiro atoms. The third kappa shape index (κ3) is 4.53. The maximum absolute atomic E-state index is 12.5. The molecule has 1 saturated heterocycles. The molecule has 2 aromatic rings. The van der Waals surface area contributed by atoms with Crippen molar-refractivity contribution in [2.24, 2.45) is 0 Å². The van der Waals surface area contributed by atoms with Crippen molar-refractivity contribution in [2.45, 2.75) is 6.54 Å². The fourth-order valence-electron chi connectivity index (χ4n) is 3.02. The van der Waals surface area contributed by atoms with E-state index in [0.29, 0.717) is 22.7 Å². The fraction of sp³-hybridized carbons (Fsp3) is 0.350. The fourth-order valence-corrected chi connectivity index (χ4v) is 3.02. The van der Waals surface area contributed by atoms with E-state index in [1.54, 1.807) is 32.4 Å². The first kappa shape index (κ1) is 18.2. The van der Waals surface area contributed by atoms with Gasteiger partial charge in [-0.3, -0.25) is 4.79 Å². The molecule has 0 aromatic heterocycles. The lowest BCUT2D eigenvalue weighted by molar-refractivity contribution is -0.921. The van der Waals surface area contributed by atoms with E-state index in [1.807, 2.05) is 24.3 Å². The van der Waals surface area contributed by atoms with Crippen molar-refractivity contribution < 1.29 is 23.9 Å². The number of methoxy groups -OCH3 is 2. The van der Waals surface area contributed by atoms with Gasteiger partial charge in [0.15, 0.2) is 11.5 Å². The topological polar surface area (TPSA) is 61.2 Å². The Hall–Kier alpha value is -2.57. The molecular weight excluding hydrogens is 332 g/mol. The molecule has 3 rings (SSSR count). The Morgan fingerprint density at radius 3 is 2.38 bits per heavy atom. The van der Waals surface area contributed by atoms with Crippen molar-refractivity contribution in [1.82, 2.24) is 0 Å². The molecule has 1 amide bonds. The number of benzene rings is 2. The molecule has 1 aliphatic heterocycles. The third-order valence-electron chi connectivity index (χ3n) is 4.51. The summed E-state index contributed by atoms with van der Waals surface area (Å²) in [4.78, 5) is 14.0. The minimum atomic E-state index is -0.150. The highest BCUT2D eigenvalue weighted by Crippen LogP contribution is 2.29. The Bertz CT molecular complexity index is 740. The molecule has 0 unspecified atom stereocenters. The van der Waals surface area contributed by atoms with Crippen LogP contribution < -0.4 is 19.7 Å². The summed E-state index contributed by atoms with van der Waals surface area (Å²) in [7, 11) is 3.15. The summed E-state index contributed by atoms with van der Waals surface area (Å²) < 4.78 is 15.9. The number of nitrogens with one attached hydrogen (secondary N) is 2. The highest BCUT2D eigenvalue weighted by molar-refractivity contribution is 6.04. The van der Waals surface area contributed by atoms with Crippen LogP contribution in [0, 0.1) is 0 Å². The zero-order chi connectivity index (χ0) is 18.4. The van der Waals surface area contributed by atoms with E-state index < -0.39 is 0 Å². The number of carbonyl (C=O) groups excluding carboxylic acids is 1.